The maximum absolute atomic E-state index is 6.13. The van der Waals surface area contributed by atoms with Crippen LogP contribution < -0.4 is 10.5 Å². The number of nitrogens with two attached hydrogens (primary N) is 1. The van der Waals surface area contributed by atoms with E-state index in [4.69, 9.17) is 10.5 Å². The zero-order valence-corrected chi connectivity index (χ0v) is 11.7. The van der Waals surface area contributed by atoms with Crippen LogP contribution in [0.25, 0.3) is 0 Å². The molecule has 102 valence electrons. The molecule has 0 amide bonds. The molecule has 1 saturated carbocycles. The highest BCUT2D eigenvalue weighted by molar-refractivity contribution is 5.46. The fraction of sp³-hybridized carbons (Fsp3) is 0.529. The summed E-state index contributed by atoms with van der Waals surface area (Å²) in [5.41, 5.74) is 6.38. The fourth-order valence-corrected chi connectivity index (χ4v) is 2.66. The molecule has 2 nitrogen and oxygen atoms in total. The molecule has 1 aliphatic rings. The second-order valence-electron chi connectivity index (χ2n) is 5.17. The van der Waals surface area contributed by atoms with Gasteiger partial charge in [-0.25, -0.2) is 0 Å². The van der Waals surface area contributed by atoms with Gasteiger partial charge in [0.2, 0.25) is 0 Å². The predicted molar refractivity (Wildman–Crippen MR) is 79.0 cm³/mol. The van der Waals surface area contributed by atoms with Crippen molar-refractivity contribution in [1.82, 2.24) is 0 Å². The van der Waals surface area contributed by atoms with Gasteiger partial charge in [0.1, 0.15) is 5.75 Å². The summed E-state index contributed by atoms with van der Waals surface area (Å²) in [4.78, 5) is 0. The van der Waals surface area contributed by atoms with Crippen molar-refractivity contribution >= 4 is 0 Å². The van der Waals surface area contributed by atoms with Crippen LogP contribution >= 0.6 is 0 Å². The van der Waals surface area contributed by atoms with E-state index in [0.29, 0.717) is 12.6 Å². The van der Waals surface area contributed by atoms with Crippen LogP contribution in [0, 0.1) is 17.8 Å². The molecule has 2 N–H and O–H groups in total. The second-order valence-corrected chi connectivity index (χ2v) is 5.17. The molecule has 0 radical (unpaired) electrons. The van der Waals surface area contributed by atoms with Crippen molar-refractivity contribution in [2.75, 3.05) is 6.54 Å². The van der Waals surface area contributed by atoms with Crippen LogP contribution in [0.15, 0.2) is 24.3 Å². The van der Waals surface area contributed by atoms with Crippen LogP contribution in [0.5, 0.6) is 5.75 Å². The van der Waals surface area contributed by atoms with Gasteiger partial charge in [0, 0.05) is 0 Å². The minimum absolute atomic E-state index is 0.351. The molecule has 1 aromatic rings. The lowest BCUT2D eigenvalue weighted by molar-refractivity contribution is 0.129. The van der Waals surface area contributed by atoms with E-state index in [1.54, 1.807) is 0 Å². The number of ether oxygens (including phenoxy) is 1. The molecule has 0 heterocycles. The maximum atomic E-state index is 6.13. The average Bonchev–Trinajstić information content (AvgIpc) is 2.47. The normalized spacial score (nSPS) is 22.4. The van der Waals surface area contributed by atoms with Crippen LogP contribution in [-0.4, -0.2) is 12.6 Å². The highest BCUT2D eigenvalue weighted by atomic mass is 16.5. The molecule has 19 heavy (non-hydrogen) atoms. The topological polar surface area (TPSA) is 35.2 Å². The average molecular weight is 257 g/mol. The Bertz CT molecular complexity index is 450. The van der Waals surface area contributed by atoms with Crippen LogP contribution in [0.1, 0.15) is 44.6 Å². The summed E-state index contributed by atoms with van der Waals surface area (Å²) >= 11 is 0. The molecule has 0 atom stereocenters. The van der Waals surface area contributed by atoms with Crippen molar-refractivity contribution in [2.45, 2.75) is 45.1 Å². The van der Waals surface area contributed by atoms with Gasteiger partial charge in [-0.3, -0.25) is 0 Å². The van der Waals surface area contributed by atoms with Gasteiger partial charge in [-0.15, -0.1) is 0 Å². The Balaban J connectivity index is 1.99. The van der Waals surface area contributed by atoms with Gasteiger partial charge in [-0.2, -0.15) is 0 Å². The highest BCUT2D eigenvalue weighted by Crippen LogP contribution is 2.30. The van der Waals surface area contributed by atoms with Gasteiger partial charge in [0.05, 0.1) is 18.2 Å². The zero-order chi connectivity index (χ0) is 13.5. The summed E-state index contributed by atoms with van der Waals surface area (Å²) in [5.74, 6) is 7.78. The van der Waals surface area contributed by atoms with Crippen LogP contribution in [0.2, 0.25) is 0 Å². The Morgan fingerprint density at radius 2 is 1.95 bits per heavy atom. The Hall–Kier alpha value is -1.46. The summed E-state index contributed by atoms with van der Waals surface area (Å²) in [6.45, 7) is 2.67. The van der Waals surface area contributed by atoms with Gasteiger partial charge in [0.25, 0.3) is 0 Å². The summed E-state index contributed by atoms with van der Waals surface area (Å²) in [7, 11) is 0. The van der Waals surface area contributed by atoms with E-state index >= 15 is 0 Å². The Labute approximate surface area is 116 Å². The van der Waals surface area contributed by atoms with E-state index in [0.717, 1.165) is 30.1 Å². The summed E-state index contributed by atoms with van der Waals surface area (Å²) in [5, 5.41) is 0. The molecule has 0 spiro atoms. The first kappa shape index (κ1) is 14.0. The van der Waals surface area contributed by atoms with Crippen molar-refractivity contribution in [1.29, 1.82) is 0 Å². The van der Waals surface area contributed by atoms with E-state index in [2.05, 4.69) is 18.8 Å². The largest absolute Gasteiger partial charge is 0.489 e. The first-order chi connectivity index (χ1) is 9.33. The van der Waals surface area contributed by atoms with Crippen molar-refractivity contribution < 1.29 is 4.74 Å². The molecule has 2 heteroatoms. The van der Waals surface area contributed by atoms with Crippen LogP contribution in [-0.2, 0) is 0 Å². The van der Waals surface area contributed by atoms with E-state index in [9.17, 15) is 0 Å². The van der Waals surface area contributed by atoms with Gasteiger partial charge in [-0.1, -0.05) is 37.3 Å². The lowest BCUT2D eigenvalue weighted by Gasteiger charge is -2.28. The fourth-order valence-electron chi connectivity index (χ4n) is 2.66. The van der Waals surface area contributed by atoms with Gasteiger partial charge < -0.3 is 10.5 Å². The minimum atomic E-state index is 0.351. The third-order valence-corrected chi connectivity index (χ3v) is 3.88. The van der Waals surface area contributed by atoms with Crippen LogP contribution in [0.3, 0.4) is 0 Å². The summed E-state index contributed by atoms with van der Waals surface area (Å²) < 4.78 is 6.13. The number of para-hydroxylation sites is 1. The third-order valence-electron chi connectivity index (χ3n) is 3.88. The first-order valence-corrected chi connectivity index (χ1v) is 7.28. The predicted octanol–water partition coefficient (Wildman–Crippen LogP) is 3.34. The number of hydrogen-bond acceptors (Lipinski definition) is 2. The number of hydrogen-bond donors (Lipinski definition) is 1. The highest BCUT2D eigenvalue weighted by Gasteiger charge is 2.21. The molecule has 1 aromatic carbocycles. The second kappa shape index (κ2) is 7.21. The Morgan fingerprint density at radius 1 is 1.21 bits per heavy atom. The summed E-state index contributed by atoms with van der Waals surface area (Å²) in [6.07, 6.45) is 6.55. The Kier molecular flexibility index (Phi) is 5.30. The van der Waals surface area contributed by atoms with E-state index < -0.39 is 0 Å². The van der Waals surface area contributed by atoms with E-state index in [1.807, 2.05) is 24.3 Å². The molecule has 2 rings (SSSR count). The molecule has 0 aliphatic heterocycles. The van der Waals surface area contributed by atoms with Gasteiger partial charge in [-0.05, 0) is 43.7 Å². The lowest BCUT2D eigenvalue weighted by atomic mass is 9.86. The molecule has 0 saturated heterocycles. The lowest BCUT2D eigenvalue weighted by Crippen LogP contribution is -2.24. The molecular formula is C17H23NO. The van der Waals surface area contributed by atoms with Gasteiger partial charge in [0.15, 0.2) is 0 Å². The van der Waals surface area contributed by atoms with Crippen molar-refractivity contribution in [3.63, 3.8) is 0 Å². The number of benzene rings is 1. The van der Waals surface area contributed by atoms with E-state index in [-0.39, 0.29) is 0 Å². The zero-order valence-electron chi connectivity index (χ0n) is 11.7. The SMILES string of the molecule is CCC1CCC(Oc2ccccc2C#CCN)CC1. The maximum Gasteiger partial charge on any atom is 0.135 e. The monoisotopic (exact) mass is 257 g/mol. The van der Waals surface area contributed by atoms with Crippen molar-refractivity contribution in [2.24, 2.45) is 11.7 Å². The molecule has 1 fully saturated rings. The minimum Gasteiger partial charge on any atom is -0.489 e. The van der Waals surface area contributed by atoms with Crippen molar-refractivity contribution in [3.8, 4) is 17.6 Å². The molecule has 0 bridgehead atoms. The van der Waals surface area contributed by atoms with E-state index in [1.165, 1.54) is 19.3 Å². The molecule has 0 unspecified atom stereocenters. The third kappa shape index (κ3) is 4.01. The van der Waals surface area contributed by atoms with Crippen molar-refractivity contribution in [3.05, 3.63) is 29.8 Å². The first-order valence-electron chi connectivity index (χ1n) is 7.28. The van der Waals surface area contributed by atoms with Gasteiger partial charge >= 0.3 is 0 Å². The smallest absolute Gasteiger partial charge is 0.135 e. The Morgan fingerprint density at radius 3 is 2.63 bits per heavy atom. The van der Waals surface area contributed by atoms with Crippen LogP contribution in [0.4, 0.5) is 0 Å². The standard InChI is InChI=1S/C17H23NO/c1-2-14-9-11-16(12-10-14)19-17-8-4-3-6-15(17)7-5-13-18/h3-4,6,8,14,16H,2,9-13,18H2,1H3. The molecular weight excluding hydrogens is 234 g/mol. The molecule has 0 aromatic heterocycles. The summed E-state index contributed by atoms with van der Waals surface area (Å²) in [6, 6.07) is 7.99. The quantitative estimate of drug-likeness (QED) is 0.843. The molecule has 1 aliphatic carbocycles. The number of rotatable bonds is 3.